The molecule has 10 nitrogen and oxygen atoms in total. The summed E-state index contributed by atoms with van der Waals surface area (Å²) in [5, 5.41) is 29.9. The highest BCUT2D eigenvalue weighted by Gasteiger charge is 2.21. The van der Waals surface area contributed by atoms with Crippen LogP contribution in [0.2, 0.25) is 0 Å². The lowest BCUT2D eigenvalue weighted by Gasteiger charge is -1.98. The third-order valence-electron chi connectivity index (χ3n) is 1.60. The van der Waals surface area contributed by atoms with E-state index in [4.69, 9.17) is 0 Å². The summed E-state index contributed by atoms with van der Waals surface area (Å²) in [6.45, 7) is 0. The van der Waals surface area contributed by atoms with Crippen molar-refractivity contribution in [2.75, 3.05) is 5.43 Å². The molecule has 10 heteroatoms. The summed E-state index contributed by atoms with van der Waals surface area (Å²) in [7, 11) is 0. The van der Waals surface area contributed by atoms with Crippen LogP contribution in [0, 0.1) is 30.3 Å². The first-order chi connectivity index (χ1) is 7.41. The van der Waals surface area contributed by atoms with Crippen molar-refractivity contribution in [3.63, 3.8) is 0 Å². The number of benzene rings is 1. The van der Waals surface area contributed by atoms with Gasteiger partial charge in [0.05, 0.1) is 15.9 Å². The van der Waals surface area contributed by atoms with Crippen molar-refractivity contribution in [2.24, 2.45) is 0 Å². The molecule has 0 unspecified atom stereocenters. The number of anilines is 1. The summed E-state index contributed by atoms with van der Waals surface area (Å²) < 4.78 is 0. The Labute approximate surface area is 86.9 Å². The Hall–Kier alpha value is -2.78. The van der Waals surface area contributed by atoms with Crippen LogP contribution in [0.25, 0.3) is 0 Å². The molecule has 0 fully saturated rings. The van der Waals surface area contributed by atoms with Gasteiger partial charge >= 0.3 is 5.69 Å². The molecule has 0 atom stereocenters. The molecule has 0 bridgehead atoms. The van der Waals surface area contributed by atoms with Gasteiger partial charge in [0.25, 0.3) is 5.69 Å². The topological polar surface area (TPSA) is 141 Å². The zero-order chi connectivity index (χ0) is 12.3. The van der Waals surface area contributed by atoms with Crippen molar-refractivity contribution in [1.29, 1.82) is 0 Å². The van der Waals surface area contributed by atoms with Crippen molar-refractivity contribution < 1.29 is 14.9 Å². The van der Waals surface area contributed by atoms with E-state index in [0.717, 1.165) is 12.1 Å². The summed E-state index contributed by atoms with van der Waals surface area (Å²) >= 11 is 0. The number of hydrogen-bond acceptors (Lipinski definition) is 6. The van der Waals surface area contributed by atoms with E-state index in [1.807, 2.05) is 0 Å². The molecule has 0 radical (unpaired) electrons. The highest BCUT2D eigenvalue weighted by molar-refractivity contribution is 5.64. The number of hydrazine groups is 1. The van der Waals surface area contributed by atoms with Crippen molar-refractivity contribution in [3.8, 4) is 0 Å². The molecule has 0 aliphatic heterocycles. The van der Waals surface area contributed by atoms with E-state index in [1.54, 1.807) is 5.43 Å². The predicted octanol–water partition coefficient (Wildman–Crippen LogP) is 1.11. The van der Waals surface area contributed by atoms with Crippen LogP contribution in [0.1, 0.15) is 0 Å². The minimum Gasteiger partial charge on any atom is -0.258 e. The molecule has 1 N–H and O–H groups in total. The number of nitro benzene ring substituents is 2. The Bertz CT molecular complexity index is 472. The van der Waals surface area contributed by atoms with Gasteiger partial charge in [-0.1, -0.05) is 0 Å². The van der Waals surface area contributed by atoms with E-state index < -0.39 is 31.9 Å². The smallest absolute Gasteiger partial charge is 0.258 e. The van der Waals surface area contributed by atoms with Crippen LogP contribution in [0.3, 0.4) is 0 Å². The summed E-state index contributed by atoms with van der Waals surface area (Å²) in [4.78, 5) is 29.2. The Morgan fingerprint density at radius 1 is 1.00 bits per heavy atom. The van der Waals surface area contributed by atoms with Crippen LogP contribution in [0.5, 0.6) is 0 Å². The van der Waals surface area contributed by atoms with Crippen LogP contribution < -0.4 is 5.43 Å². The largest absolute Gasteiger partial charge is 0.305 e. The van der Waals surface area contributed by atoms with Gasteiger partial charge in [0.15, 0.2) is 10.7 Å². The first-order valence-corrected chi connectivity index (χ1v) is 3.75. The highest BCUT2D eigenvalue weighted by atomic mass is 16.7. The van der Waals surface area contributed by atoms with Gasteiger partial charge in [-0.2, -0.15) is 0 Å². The van der Waals surface area contributed by atoms with E-state index >= 15 is 0 Å². The predicted molar refractivity (Wildman–Crippen MR) is 50.4 cm³/mol. The minimum absolute atomic E-state index is 0.416. The second-order valence-corrected chi connectivity index (χ2v) is 2.58. The van der Waals surface area contributed by atoms with Crippen molar-refractivity contribution >= 4 is 17.1 Å². The summed E-state index contributed by atoms with van der Waals surface area (Å²) in [6, 6.07) is 2.48. The zero-order valence-corrected chi connectivity index (χ0v) is 7.52. The van der Waals surface area contributed by atoms with Gasteiger partial charge in [0.1, 0.15) is 0 Å². The van der Waals surface area contributed by atoms with Crippen LogP contribution in [0.15, 0.2) is 18.2 Å². The molecule has 84 valence electrons. The number of nitrogens with zero attached hydrogens (tertiary/aromatic N) is 3. The summed E-state index contributed by atoms with van der Waals surface area (Å²) in [6.07, 6.45) is 0. The number of nitrogens with one attached hydrogen (secondary N) is 1. The Morgan fingerprint density at radius 2 is 1.62 bits per heavy atom. The maximum atomic E-state index is 10.5. The fraction of sp³-hybridized carbons (Fsp3) is 0. The molecular weight excluding hydrogens is 224 g/mol. The maximum absolute atomic E-state index is 10.5. The van der Waals surface area contributed by atoms with Crippen LogP contribution in [-0.4, -0.2) is 14.9 Å². The number of hydrogen-bond donors (Lipinski definition) is 1. The molecule has 0 saturated heterocycles. The lowest BCUT2D eigenvalue weighted by Crippen LogP contribution is -2.09. The number of non-ortho nitro benzene ring substituents is 1. The number of rotatable bonds is 4. The Kier molecular flexibility index (Phi) is 2.94. The van der Waals surface area contributed by atoms with Gasteiger partial charge in [-0.3, -0.25) is 20.2 Å². The molecule has 0 aliphatic carbocycles. The molecule has 1 aromatic carbocycles. The van der Waals surface area contributed by atoms with Crippen molar-refractivity contribution in [1.82, 2.24) is 0 Å². The molecular formula is C6H4N4O6. The molecule has 0 aromatic heterocycles. The molecule has 16 heavy (non-hydrogen) atoms. The van der Waals surface area contributed by atoms with E-state index in [9.17, 15) is 30.3 Å². The van der Waals surface area contributed by atoms with Crippen LogP contribution >= 0.6 is 0 Å². The first kappa shape index (κ1) is 11.3. The molecule has 0 heterocycles. The zero-order valence-electron chi connectivity index (χ0n) is 7.52. The second kappa shape index (κ2) is 4.16. The average Bonchev–Trinajstić information content (AvgIpc) is 2.16. The van der Waals surface area contributed by atoms with Gasteiger partial charge in [-0.15, -0.1) is 5.43 Å². The molecule has 0 saturated carbocycles. The summed E-state index contributed by atoms with van der Waals surface area (Å²) in [5.41, 5.74) is -0.0813. The van der Waals surface area contributed by atoms with Gasteiger partial charge in [-0.25, -0.2) is 10.1 Å². The molecule has 1 aromatic rings. The van der Waals surface area contributed by atoms with E-state index in [1.165, 1.54) is 0 Å². The van der Waals surface area contributed by atoms with Crippen molar-refractivity contribution in [2.45, 2.75) is 0 Å². The fourth-order valence-corrected chi connectivity index (χ4v) is 0.978. The van der Waals surface area contributed by atoms with Crippen LogP contribution in [0.4, 0.5) is 17.1 Å². The van der Waals surface area contributed by atoms with E-state index in [-0.39, 0.29) is 0 Å². The molecule has 0 spiro atoms. The average molecular weight is 228 g/mol. The van der Waals surface area contributed by atoms with Crippen LogP contribution in [-0.2, 0) is 0 Å². The minimum atomic E-state index is -0.992. The third kappa shape index (κ3) is 2.37. The quantitative estimate of drug-likeness (QED) is 0.600. The lowest BCUT2D eigenvalue weighted by atomic mass is 10.2. The molecule has 1 rings (SSSR count). The Morgan fingerprint density at radius 3 is 2.06 bits per heavy atom. The highest BCUT2D eigenvalue weighted by Crippen LogP contribution is 2.28. The summed E-state index contributed by atoms with van der Waals surface area (Å²) in [5.74, 6) is 0. The van der Waals surface area contributed by atoms with Crippen molar-refractivity contribution in [3.05, 3.63) is 48.5 Å². The third-order valence-corrected chi connectivity index (χ3v) is 1.60. The van der Waals surface area contributed by atoms with Gasteiger partial charge in [0, 0.05) is 6.07 Å². The van der Waals surface area contributed by atoms with E-state index in [2.05, 4.69) is 0 Å². The van der Waals surface area contributed by atoms with Gasteiger partial charge in [-0.05, 0) is 6.07 Å². The first-order valence-electron chi connectivity index (χ1n) is 3.75. The standard InChI is InChI=1S/C6H4N4O6/c11-8(12)4-1-2-5(7-10(15)16)6(3-4)9(13)14/h1-3,7H. The molecule has 0 amide bonds. The fourth-order valence-electron chi connectivity index (χ4n) is 0.978. The van der Waals surface area contributed by atoms with Gasteiger partial charge < -0.3 is 0 Å². The SMILES string of the molecule is O=[N+]([O-])Nc1ccc([N+](=O)[O-])cc1[N+](=O)[O-]. The Balaban J connectivity index is 3.24. The normalized spacial score (nSPS) is 9.50. The van der Waals surface area contributed by atoms with Gasteiger partial charge in [0.2, 0.25) is 0 Å². The van der Waals surface area contributed by atoms with E-state index in [0.29, 0.717) is 6.07 Å². The maximum Gasteiger partial charge on any atom is 0.305 e. The molecule has 0 aliphatic rings. The lowest BCUT2D eigenvalue weighted by molar-refractivity contribution is -0.447. The second-order valence-electron chi connectivity index (χ2n) is 2.58. The monoisotopic (exact) mass is 228 g/mol. The number of nitro groups is 3.